The molecule has 0 aromatic rings. The van der Waals surface area contributed by atoms with E-state index in [1.165, 1.54) is 0 Å². The summed E-state index contributed by atoms with van der Waals surface area (Å²) in [6.07, 6.45) is 4.36. The lowest BCUT2D eigenvalue weighted by molar-refractivity contribution is -0.147. The monoisotopic (exact) mass is 254 g/mol. The van der Waals surface area contributed by atoms with E-state index < -0.39 is 11.5 Å². The third-order valence-electron chi connectivity index (χ3n) is 4.27. The highest BCUT2D eigenvalue weighted by Gasteiger charge is 2.53. The van der Waals surface area contributed by atoms with Gasteiger partial charge in [0.1, 0.15) is 5.54 Å². The first-order valence-corrected chi connectivity index (χ1v) is 7.02. The van der Waals surface area contributed by atoms with Gasteiger partial charge in [0, 0.05) is 25.7 Å². The Kier molecular flexibility index (Phi) is 3.30. The van der Waals surface area contributed by atoms with Crippen LogP contribution in [0.1, 0.15) is 25.7 Å². The van der Waals surface area contributed by atoms with Gasteiger partial charge in [0.05, 0.1) is 13.2 Å². The average molecular weight is 254 g/mol. The number of carboxylic acids is 1. The number of rotatable bonds is 6. The molecule has 3 aliphatic rings. The van der Waals surface area contributed by atoms with Gasteiger partial charge in [-0.25, -0.2) is 0 Å². The summed E-state index contributed by atoms with van der Waals surface area (Å²) in [6, 6.07) is 0.433. The Morgan fingerprint density at radius 2 is 1.94 bits per heavy atom. The largest absolute Gasteiger partial charge is 0.480 e. The summed E-state index contributed by atoms with van der Waals surface area (Å²) in [5.41, 5.74) is -0.710. The van der Waals surface area contributed by atoms with Gasteiger partial charge in [-0.15, -0.1) is 0 Å². The Morgan fingerprint density at radius 3 is 2.44 bits per heavy atom. The molecule has 0 aromatic heterocycles. The predicted molar refractivity (Wildman–Crippen MR) is 66.5 cm³/mol. The maximum Gasteiger partial charge on any atom is 0.325 e. The lowest BCUT2D eigenvalue weighted by atomic mass is 9.91. The summed E-state index contributed by atoms with van der Waals surface area (Å²) >= 11 is 0. The predicted octanol–water partition coefficient (Wildman–Crippen LogP) is 0.304. The van der Waals surface area contributed by atoms with E-state index in [2.05, 4.69) is 10.2 Å². The van der Waals surface area contributed by atoms with Crippen LogP contribution in [0.3, 0.4) is 0 Å². The second kappa shape index (κ2) is 4.79. The molecule has 0 amide bonds. The van der Waals surface area contributed by atoms with Crippen molar-refractivity contribution in [1.29, 1.82) is 0 Å². The maximum atomic E-state index is 11.8. The SMILES string of the molecule is O=C(O)C(CN1CCOCC1)(NC1CC1)C1CC1. The fraction of sp³-hybridized carbons (Fsp3) is 0.923. The van der Waals surface area contributed by atoms with Gasteiger partial charge < -0.3 is 9.84 Å². The van der Waals surface area contributed by atoms with Gasteiger partial charge in [0.15, 0.2) is 0 Å². The molecule has 5 nitrogen and oxygen atoms in total. The first-order chi connectivity index (χ1) is 8.71. The van der Waals surface area contributed by atoms with Crippen LogP contribution in [0.25, 0.3) is 0 Å². The van der Waals surface area contributed by atoms with Gasteiger partial charge in [0.25, 0.3) is 0 Å². The molecule has 5 heteroatoms. The van der Waals surface area contributed by atoms with Crippen LogP contribution in [0.15, 0.2) is 0 Å². The van der Waals surface area contributed by atoms with E-state index in [4.69, 9.17) is 4.74 Å². The van der Waals surface area contributed by atoms with Gasteiger partial charge >= 0.3 is 5.97 Å². The molecule has 0 aromatic carbocycles. The summed E-state index contributed by atoms with van der Waals surface area (Å²) < 4.78 is 5.33. The summed E-state index contributed by atoms with van der Waals surface area (Å²) in [4.78, 5) is 14.1. The fourth-order valence-electron chi connectivity index (χ4n) is 2.88. The zero-order valence-corrected chi connectivity index (χ0v) is 10.7. The van der Waals surface area contributed by atoms with Crippen molar-refractivity contribution < 1.29 is 14.6 Å². The van der Waals surface area contributed by atoms with Gasteiger partial charge in [0.2, 0.25) is 0 Å². The topological polar surface area (TPSA) is 61.8 Å². The van der Waals surface area contributed by atoms with Crippen LogP contribution in [0.4, 0.5) is 0 Å². The third kappa shape index (κ3) is 2.53. The molecule has 2 saturated carbocycles. The number of carbonyl (C=O) groups is 1. The first-order valence-electron chi connectivity index (χ1n) is 7.02. The lowest BCUT2D eigenvalue weighted by Gasteiger charge is -2.38. The molecule has 18 heavy (non-hydrogen) atoms. The number of carboxylic acid groups (broad SMARTS) is 1. The highest BCUT2D eigenvalue weighted by molar-refractivity contribution is 5.80. The van der Waals surface area contributed by atoms with Crippen molar-refractivity contribution in [1.82, 2.24) is 10.2 Å². The standard InChI is InChI=1S/C13H22N2O3/c16-12(17)13(10-1-2-10,14-11-3-4-11)9-15-5-7-18-8-6-15/h10-11,14H,1-9H2,(H,16,17). The van der Waals surface area contributed by atoms with Gasteiger partial charge in [-0.3, -0.25) is 15.0 Å². The van der Waals surface area contributed by atoms with Crippen LogP contribution in [0.2, 0.25) is 0 Å². The average Bonchev–Trinajstić information content (AvgIpc) is 3.23. The molecule has 1 atom stereocenters. The van der Waals surface area contributed by atoms with Crippen molar-refractivity contribution in [3.8, 4) is 0 Å². The van der Waals surface area contributed by atoms with E-state index in [1.54, 1.807) is 0 Å². The Bertz CT molecular complexity index is 322. The molecule has 0 radical (unpaired) electrons. The van der Waals surface area contributed by atoms with Crippen LogP contribution < -0.4 is 5.32 Å². The second-order valence-corrected chi connectivity index (χ2v) is 5.86. The van der Waals surface area contributed by atoms with Crippen LogP contribution in [-0.4, -0.2) is 60.4 Å². The van der Waals surface area contributed by atoms with E-state index in [9.17, 15) is 9.90 Å². The zero-order chi connectivity index (χ0) is 12.6. The fourth-order valence-corrected chi connectivity index (χ4v) is 2.88. The quantitative estimate of drug-likeness (QED) is 0.714. The molecule has 0 bridgehead atoms. The highest BCUT2D eigenvalue weighted by Crippen LogP contribution is 2.42. The maximum absolute atomic E-state index is 11.8. The van der Waals surface area contributed by atoms with Crippen LogP contribution >= 0.6 is 0 Å². The number of morpholine rings is 1. The van der Waals surface area contributed by atoms with Crippen molar-refractivity contribution in [3.05, 3.63) is 0 Å². The Balaban J connectivity index is 1.71. The van der Waals surface area contributed by atoms with E-state index in [-0.39, 0.29) is 0 Å². The van der Waals surface area contributed by atoms with Crippen molar-refractivity contribution in [3.63, 3.8) is 0 Å². The number of aliphatic carboxylic acids is 1. The molecule has 3 fully saturated rings. The van der Waals surface area contributed by atoms with E-state index in [1.807, 2.05) is 0 Å². The normalized spacial score (nSPS) is 28.9. The molecule has 1 saturated heterocycles. The van der Waals surface area contributed by atoms with Gasteiger partial charge in [-0.2, -0.15) is 0 Å². The number of hydrogen-bond donors (Lipinski definition) is 2. The Labute approximate surface area is 107 Å². The zero-order valence-electron chi connectivity index (χ0n) is 10.7. The van der Waals surface area contributed by atoms with E-state index >= 15 is 0 Å². The smallest absolute Gasteiger partial charge is 0.325 e. The molecule has 1 heterocycles. The summed E-state index contributed by atoms with van der Waals surface area (Å²) in [5, 5.41) is 13.2. The molecule has 1 unspecified atom stereocenters. The second-order valence-electron chi connectivity index (χ2n) is 5.86. The van der Waals surface area contributed by atoms with Crippen molar-refractivity contribution in [2.45, 2.75) is 37.3 Å². The number of ether oxygens (including phenoxy) is 1. The molecule has 1 aliphatic heterocycles. The molecule has 3 rings (SSSR count). The van der Waals surface area contributed by atoms with Gasteiger partial charge in [-0.1, -0.05) is 0 Å². The molecule has 2 N–H and O–H groups in total. The highest BCUT2D eigenvalue weighted by atomic mass is 16.5. The molecular weight excluding hydrogens is 232 g/mol. The number of hydrogen-bond acceptors (Lipinski definition) is 4. The summed E-state index contributed by atoms with van der Waals surface area (Å²) in [7, 11) is 0. The molecular formula is C13H22N2O3. The van der Waals surface area contributed by atoms with E-state index in [0.717, 1.165) is 52.0 Å². The minimum atomic E-state index is -0.710. The summed E-state index contributed by atoms with van der Waals surface area (Å²) in [6.45, 7) is 3.79. The Morgan fingerprint density at radius 1 is 1.28 bits per heavy atom. The number of nitrogens with one attached hydrogen (secondary N) is 1. The molecule has 0 spiro atoms. The third-order valence-corrected chi connectivity index (χ3v) is 4.27. The van der Waals surface area contributed by atoms with Crippen molar-refractivity contribution in [2.24, 2.45) is 5.92 Å². The van der Waals surface area contributed by atoms with Crippen LogP contribution in [0, 0.1) is 5.92 Å². The van der Waals surface area contributed by atoms with Crippen molar-refractivity contribution in [2.75, 3.05) is 32.8 Å². The molecule has 102 valence electrons. The van der Waals surface area contributed by atoms with Crippen LogP contribution in [-0.2, 0) is 9.53 Å². The lowest BCUT2D eigenvalue weighted by Crippen LogP contribution is -2.62. The molecule has 2 aliphatic carbocycles. The number of nitrogens with zero attached hydrogens (tertiary/aromatic N) is 1. The summed E-state index contributed by atoms with van der Waals surface area (Å²) in [5.74, 6) is -0.346. The van der Waals surface area contributed by atoms with Crippen molar-refractivity contribution >= 4 is 5.97 Å². The van der Waals surface area contributed by atoms with Gasteiger partial charge in [-0.05, 0) is 31.6 Å². The van der Waals surface area contributed by atoms with E-state index in [0.29, 0.717) is 18.5 Å². The Hall–Kier alpha value is -0.650. The minimum Gasteiger partial charge on any atom is -0.480 e. The first kappa shape index (κ1) is 12.4. The van der Waals surface area contributed by atoms with Crippen LogP contribution in [0.5, 0.6) is 0 Å². The minimum absolute atomic E-state index is 0.318.